The van der Waals surface area contributed by atoms with Crippen molar-refractivity contribution in [3.63, 3.8) is 0 Å². The number of phenolic OH excluding ortho intramolecular Hbond substituents is 2. The summed E-state index contributed by atoms with van der Waals surface area (Å²) in [5, 5.41) is 26.8. The van der Waals surface area contributed by atoms with Gasteiger partial charge in [-0.25, -0.2) is 4.99 Å². The van der Waals surface area contributed by atoms with E-state index >= 15 is 0 Å². The predicted molar refractivity (Wildman–Crippen MR) is 85.8 cm³/mol. The standard InChI is InChI=1S/C16H15N3O3.Ni/c1-22-16(17-10-12-6-2-4-8-14(12)20)19-18-11-13-7-3-5-9-15(13)21;/h2-11,20-21H,1H3;/b17-10+,18-11+,19-16+;. The number of methoxy groups -OCH3 is 1. The molecule has 0 radical (unpaired) electrons. The molecule has 0 bridgehead atoms. The van der Waals surface area contributed by atoms with E-state index in [4.69, 9.17) is 4.74 Å². The monoisotopic (exact) mass is 355 g/mol. The Morgan fingerprint density at radius 2 is 1.43 bits per heavy atom. The van der Waals surface area contributed by atoms with Gasteiger partial charge in [0.25, 0.3) is 0 Å². The molecule has 0 aliphatic rings. The van der Waals surface area contributed by atoms with Gasteiger partial charge < -0.3 is 14.9 Å². The Morgan fingerprint density at radius 3 is 1.96 bits per heavy atom. The summed E-state index contributed by atoms with van der Waals surface area (Å²) in [5.74, 6) is 0.220. The fraction of sp³-hybridized carbons (Fsp3) is 0.0625. The van der Waals surface area contributed by atoms with Crippen molar-refractivity contribution in [2.24, 2.45) is 15.2 Å². The Balaban J connectivity index is 0.00000264. The van der Waals surface area contributed by atoms with Gasteiger partial charge in [0.1, 0.15) is 11.5 Å². The molecule has 7 heteroatoms. The van der Waals surface area contributed by atoms with Gasteiger partial charge in [-0.2, -0.15) is 5.10 Å². The fourth-order valence-electron chi connectivity index (χ4n) is 1.58. The first-order valence-corrected chi connectivity index (χ1v) is 6.46. The third-order valence-corrected chi connectivity index (χ3v) is 2.71. The smallest absolute Gasteiger partial charge is 0.335 e. The molecule has 2 aromatic rings. The van der Waals surface area contributed by atoms with E-state index in [0.717, 1.165) is 0 Å². The molecule has 2 N–H and O–H groups in total. The van der Waals surface area contributed by atoms with E-state index in [1.807, 2.05) is 0 Å². The maximum atomic E-state index is 9.62. The Labute approximate surface area is 143 Å². The zero-order valence-electron chi connectivity index (χ0n) is 12.2. The zero-order chi connectivity index (χ0) is 15.8. The minimum atomic E-state index is 0. The molecule has 0 unspecified atom stereocenters. The van der Waals surface area contributed by atoms with Gasteiger partial charge in [-0.3, -0.25) is 0 Å². The molecule has 0 spiro atoms. The number of hydrogen-bond donors (Lipinski definition) is 2. The number of ether oxygens (including phenoxy) is 1. The molecule has 0 fully saturated rings. The number of nitrogens with zero attached hydrogens (tertiary/aromatic N) is 3. The number of rotatable bonds is 3. The summed E-state index contributed by atoms with van der Waals surface area (Å²) in [6, 6.07) is 13.5. The van der Waals surface area contributed by atoms with Crippen LogP contribution in [0.1, 0.15) is 11.1 Å². The third kappa shape index (κ3) is 5.56. The number of benzene rings is 2. The second kappa shape index (κ2) is 9.38. The summed E-state index contributed by atoms with van der Waals surface area (Å²) in [6.07, 6.45) is 2.82. The van der Waals surface area contributed by atoms with Crippen molar-refractivity contribution in [1.29, 1.82) is 0 Å². The molecule has 23 heavy (non-hydrogen) atoms. The van der Waals surface area contributed by atoms with Crippen molar-refractivity contribution in [3.05, 3.63) is 59.7 Å². The summed E-state index contributed by atoms with van der Waals surface area (Å²) in [6.45, 7) is 0. The number of amidine groups is 1. The molecule has 6 nitrogen and oxygen atoms in total. The van der Waals surface area contributed by atoms with Crippen LogP contribution in [0.5, 0.6) is 11.5 Å². The molecule has 2 rings (SSSR count). The van der Waals surface area contributed by atoms with Crippen molar-refractivity contribution < 1.29 is 31.4 Å². The second-order valence-electron chi connectivity index (χ2n) is 4.21. The van der Waals surface area contributed by atoms with Crippen molar-refractivity contribution in [2.45, 2.75) is 0 Å². The molecule has 0 saturated heterocycles. The average Bonchev–Trinajstić information content (AvgIpc) is 2.54. The normalized spacial score (nSPS) is 11.6. The van der Waals surface area contributed by atoms with Crippen molar-refractivity contribution >= 4 is 18.5 Å². The van der Waals surface area contributed by atoms with Crippen molar-refractivity contribution in [3.8, 4) is 11.5 Å². The van der Waals surface area contributed by atoms with Crippen LogP contribution in [0, 0.1) is 0 Å². The zero-order valence-corrected chi connectivity index (χ0v) is 13.2. The average molecular weight is 356 g/mol. The van der Waals surface area contributed by atoms with Crippen LogP contribution in [-0.2, 0) is 21.2 Å². The van der Waals surface area contributed by atoms with E-state index in [1.54, 1.807) is 48.5 Å². The Hall–Kier alpha value is -2.66. The maximum absolute atomic E-state index is 9.62. The van der Waals surface area contributed by atoms with Crippen LogP contribution >= 0.6 is 0 Å². The molecule has 122 valence electrons. The van der Waals surface area contributed by atoms with Crippen LogP contribution in [-0.4, -0.2) is 35.8 Å². The first-order chi connectivity index (χ1) is 10.7. The van der Waals surface area contributed by atoms with E-state index < -0.39 is 0 Å². The molecule has 0 saturated carbocycles. The molecule has 0 heterocycles. The number of para-hydroxylation sites is 2. The van der Waals surface area contributed by atoms with Gasteiger partial charge in [-0.05, 0) is 24.3 Å². The quantitative estimate of drug-likeness (QED) is 0.384. The Morgan fingerprint density at radius 1 is 0.913 bits per heavy atom. The summed E-state index contributed by atoms with van der Waals surface area (Å²) < 4.78 is 4.97. The van der Waals surface area contributed by atoms with Gasteiger partial charge in [-0.15, -0.1) is 0 Å². The first kappa shape index (κ1) is 18.4. The summed E-state index contributed by atoms with van der Waals surface area (Å²) in [4.78, 5) is 3.99. The topological polar surface area (TPSA) is 86.8 Å². The first-order valence-electron chi connectivity index (χ1n) is 6.46. The number of aliphatic imine (C=N–C) groups is 1. The Kier molecular flexibility index (Phi) is 7.50. The van der Waals surface area contributed by atoms with E-state index in [0.29, 0.717) is 11.1 Å². The van der Waals surface area contributed by atoms with Crippen LogP contribution in [0.15, 0.2) is 63.7 Å². The molecule has 0 aromatic heterocycles. The molecule has 0 atom stereocenters. The molecular formula is C16H15N3NiO3. The summed E-state index contributed by atoms with van der Waals surface area (Å²) >= 11 is 0. The molecule has 0 amide bonds. The summed E-state index contributed by atoms with van der Waals surface area (Å²) in [5.41, 5.74) is 1.07. The minimum Gasteiger partial charge on any atom is -0.507 e. The van der Waals surface area contributed by atoms with E-state index in [-0.39, 0.29) is 34.0 Å². The molecular weight excluding hydrogens is 341 g/mol. The number of phenols is 2. The third-order valence-electron chi connectivity index (χ3n) is 2.71. The maximum Gasteiger partial charge on any atom is 0.335 e. The minimum absolute atomic E-state index is 0. The van der Waals surface area contributed by atoms with Gasteiger partial charge in [0.2, 0.25) is 0 Å². The molecule has 0 aliphatic heterocycles. The van der Waals surface area contributed by atoms with Gasteiger partial charge in [0, 0.05) is 33.8 Å². The number of hydrogen-bond acceptors (Lipinski definition) is 5. The summed E-state index contributed by atoms with van der Waals surface area (Å²) in [7, 11) is 1.41. The van der Waals surface area contributed by atoms with Gasteiger partial charge >= 0.3 is 6.02 Å². The fourth-order valence-corrected chi connectivity index (χ4v) is 1.58. The molecule has 2 aromatic carbocycles. The van der Waals surface area contributed by atoms with Crippen LogP contribution in [0.4, 0.5) is 0 Å². The largest absolute Gasteiger partial charge is 0.507 e. The molecule has 0 aliphatic carbocycles. The van der Waals surface area contributed by atoms with E-state index in [1.165, 1.54) is 19.5 Å². The van der Waals surface area contributed by atoms with Crippen molar-refractivity contribution in [2.75, 3.05) is 7.11 Å². The van der Waals surface area contributed by atoms with Crippen molar-refractivity contribution in [1.82, 2.24) is 0 Å². The number of aromatic hydroxyl groups is 2. The van der Waals surface area contributed by atoms with Crippen LogP contribution in [0.2, 0.25) is 0 Å². The Bertz CT molecular complexity index is 730. The SMILES string of the molecule is COC(/N=C/c1ccccc1O)=N/N=C/c1ccccc1O.[Ni]. The van der Waals surface area contributed by atoms with Gasteiger partial charge in [0.15, 0.2) is 0 Å². The van der Waals surface area contributed by atoms with E-state index in [9.17, 15) is 10.2 Å². The predicted octanol–water partition coefficient (Wildman–Crippen LogP) is 2.55. The van der Waals surface area contributed by atoms with Gasteiger partial charge in [0.05, 0.1) is 13.3 Å². The van der Waals surface area contributed by atoms with Crippen LogP contribution in [0.25, 0.3) is 0 Å². The second-order valence-corrected chi connectivity index (χ2v) is 4.21. The van der Waals surface area contributed by atoms with Gasteiger partial charge in [-0.1, -0.05) is 29.4 Å². The van der Waals surface area contributed by atoms with Crippen LogP contribution in [0.3, 0.4) is 0 Å². The van der Waals surface area contributed by atoms with Crippen LogP contribution < -0.4 is 0 Å². The van der Waals surface area contributed by atoms with E-state index in [2.05, 4.69) is 15.2 Å².